The number of anilines is 1. The van der Waals surface area contributed by atoms with E-state index in [9.17, 15) is 14.7 Å². The Morgan fingerprint density at radius 2 is 2.05 bits per heavy atom. The van der Waals surface area contributed by atoms with Gasteiger partial charge in [-0.05, 0) is 19.1 Å². The first-order chi connectivity index (χ1) is 8.86. The Hall–Kier alpha value is -2.28. The number of hydrogen-bond donors (Lipinski definition) is 4. The van der Waals surface area contributed by atoms with Crippen molar-refractivity contribution in [3.05, 3.63) is 23.8 Å². The Labute approximate surface area is 110 Å². The van der Waals surface area contributed by atoms with Gasteiger partial charge in [0.05, 0.1) is 12.6 Å². The SMILES string of the molecule is CC(CO)N(C)C(=O)Nc1ccc(C(=O)O)c(O)c1. The van der Waals surface area contributed by atoms with E-state index < -0.39 is 17.7 Å². The number of likely N-dealkylation sites (N-methyl/N-ethyl adjacent to an activating group) is 1. The van der Waals surface area contributed by atoms with E-state index in [-0.39, 0.29) is 23.9 Å². The van der Waals surface area contributed by atoms with Gasteiger partial charge in [-0.25, -0.2) is 9.59 Å². The summed E-state index contributed by atoms with van der Waals surface area (Å²) >= 11 is 0. The largest absolute Gasteiger partial charge is 0.507 e. The molecule has 0 aliphatic rings. The number of benzene rings is 1. The molecule has 1 rings (SSSR count). The molecule has 1 unspecified atom stereocenters. The van der Waals surface area contributed by atoms with Crippen LogP contribution in [0.3, 0.4) is 0 Å². The summed E-state index contributed by atoms with van der Waals surface area (Å²) in [6, 6.07) is 2.90. The van der Waals surface area contributed by atoms with E-state index in [4.69, 9.17) is 10.2 Å². The van der Waals surface area contributed by atoms with Crippen LogP contribution >= 0.6 is 0 Å². The van der Waals surface area contributed by atoms with Crippen molar-refractivity contribution in [3.63, 3.8) is 0 Å². The summed E-state index contributed by atoms with van der Waals surface area (Å²) in [4.78, 5) is 23.8. The second-order valence-electron chi connectivity index (χ2n) is 4.11. The second kappa shape index (κ2) is 6.05. The maximum Gasteiger partial charge on any atom is 0.339 e. The van der Waals surface area contributed by atoms with Crippen molar-refractivity contribution in [2.24, 2.45) is 0 Å². The van der Waals surface area contributed by atoms with E-state index in [1.807, 2.05) is 0 Å². The number of rotatable bonds is 4. The van der Waals surface area contributed by atoms with Crippen LogP contribution < -0.4 is 5.32 Å². The van der Waals surface area contributed by atoms with Crippen molar-refractivity contribution in [1.82, 2.24) is 4.90 Å². The molecule has 104 valence electrons. The highest BCUT2D eigenvalue weighted by Gasteiger charge is 2.16. The van der Waals surface area contributed by atoms with Crippen molar-refractivity contribution in [3.8, 4) is 5.75 Å². The Kier molecular flexibility index (Phi) is 4.71. The molecule has 2 amide bonds. The van der Waals surface area contributed by atoms with Crippen LogP contribution in [-0.4, -0.2) is 51.9 Å². The Balaban J connectivity index is 2.81. The van der Waals surface area contributed by atoms with Gasteiger partial charge in [-0.3, -0.25) is 0 Å². The summed E-state index contributed by atoms with van der Waals surface area (Å²) in [6.07, 6.45) is 0. The fraction of sp³-hybridized carbons (Fsp3) is 0.333. The molecule has 0 saturated heterocycles. The average molecular weight is 268 g/mol. The number of urea groups is 1. The van der Waals surface area contributed by atoms with Crippen LogP contribution in [0.25, 0.3) is 0 Å². The van der Waals surface area contributed by atoms with E-state index in [2.05, 4.69) is 5.32 Å². The van der Waals surface area contributed by atoms with Crippen LogP contribution in [0.2, 0.25) is 0 Å². The number of carboxylic acid groups (broad SMARTS) is 1. The van der Waals surface area contributed by atoms with Crippen LogP contribution in [0.15, 0.2) is 18.2 Å². The number of aromatic hydroxyl groups is 1. The lowest BCUT2D eigenvalue weighted by Crippen LogP contribution is -2.40. The third kappa shape index (κ3) is 3.59. The Morgan fingerprint density at radius 1 is 1.42 bits per heavy atom. The molecule has 7 heteroatoms. The number of carbonyl (C=O) groups is 2. The molecule has 0 radical (unpaired) electrons. The highest BCUT2D eigenvalue weighted by atomic mass is 16.4. The first-order valence-electron chi connectivity index (χ1n) is 5.57. The van der Waals surface area contributed by atoms with E-state index in [1.54, 1.807) is 6.92 Å². The number of nitrogens with one attached hydrogen (secondary N) is 1. The number of amides is 2. The fourth-order valence-corrected chi connectivity index (χ4v) is 1.32. The minimum atomic E-state index is -1.25. The van der Waals surface area contributed by atoms with Crippen molar-refractivity contribution in [2.75, 3.05) is 19.0 Å². The maximum atomic E-state index is 11.7. The highest BCUT2D eigenvalue weighted by molar-refractivity contribution is 5.93. The van der Waals surface area contributed by atoms with Crippen molar-refractivity contribution < 1.29 is 24.9 Å². The molecule has 0 fully saturated rings. The molecule has 0 bridgehead atoms. The number of hydrogen-bond acceptors (Lipinski definition) is 4. The lowest BCUT2D eigenvalue weighted by atomic mass is 10.2. The lowest BCUT2D eigenvalue weighted by Gasteiger charge is -2.23. The molecule has 1 aromatic carbocycles. The summed E-state index contributed by atoms with van der Waals surface area (Å²) in [7, 11) is 1.52. The fourth-order valence-electron chi connectivity index (χ4n) is 1.32. The normalized spacial score (nSPS) is 11.7. The molecule has 7 nitrogen and oxygen atoms in total. The number of carbonyl (C=O) groups excluding carboxylic acids is 1. The molecule has 0 aromatic heterocycles. The third-order valence-electron chi connectivity index (χ3n) is 2.73. The van der Waals surface area contributed by atoms with Crippen LogP contribution in [-0.2, 0) is 0 Å². The summed E-state index contributed by atoms with van der Waals surface area (Å²) in [5, 5.41) is 29.7. The second-order valence-corrected chi connectivity index (χ2v) is 4.11. The number of carboxylic acids is 1. The summed E-state index contributed by atoms with van der Waals surface area (Å²) in [6.45, 7) is 1.50. The molecule has 0 heterocycles. The molecule has 4 N–H and O–H groups in total. The van der Waals surface area contributed by atoms with Gasteiger partial charge in [0.25, 0.3) is 0 Å². The minimum absolute atomic E-state index is 0.173. The number of aliphatic hydroxyl groups is 1. The zero-order valence-corrected chi connectivity index (χ0v) is 10.6. The first kappa shape index (κ1) is 14.8. The van der Waals surface area contributed by atoms with Gasteiger partial charge in [0, 0.05) is 18.8 Å². The topological polar surface area (TPSA) is 110 Å². The van der Waals surface area contributed by atoms with Gasteiger partial charge in [-0.2, -0.15) is 0 Å². The molecule has 1 aromatic rings. The van der Waals surface area contributed by atoms with Crippen molar-refractivity contribution in [1.29, 1.82) is 0 Å². The van der Waals surface area contributed by atoms with E-state index in [0.29, 0.717) is 0 Å². The van der Waals surface area contributed by atoms with E-state index in [0.717, 1.165) is 6.07 Å². The van der Waals surface area contributed by atoms with Crippen LogP contribution in [0.1, 0.15) is 17.3 Å². The summed E-state index contributed by atoms with van der Waals surface area (Å²) in [5.74, 6) is -1.68. The van der Waals surface area contributed by atoms with E-state index >= 15 is 0 Å². The number of aromatic carboxylic acids is 1. The van der Waals surface area contributed by atoms with Gasteiger partial charge < -0.3 is 25.5 Å². The Morgan fingerprint density at radius 3 is 2.53 bits per heavy atom. The van der Waals surface area contributed by atoms with Crippen molar-refractivity contribution >= 4 is 17.7 Å². The quantitative estimate of drug-likeness (QED) is 0.649. The first-order valence-corrected chi connectivity index (χ1v) is 5.57. The molecule has 0 aliphatic carbocycles. The summed E-state index contributed by atoms with van der Waals surface area (Å²) in [5.41, 5.74) is 0.0274. The zero-order chi connectivity index (χ0) is 14.6. The van der Waals surface area contributed by atoms with Gasteiger partial charge in [-0.1, -0.05) is 0 Å². The zero-order valence-electron chi connectivity index (χ0n) is 10.6. The lowest BCUT2D eigenvalue weighted by molar-refractivity contribution is 0.0694. The molecule has 19 heavy (non-hydrogen) atoms. The summed E-state index contributed by atoms with van der Waals surface area (Å²) < 4.78 is 0. The minimum Gasteiger partial charge on any atom is -0.507 e. The van der Waals surface area contributed by atoms with Gasteiger partial charge >= 0.3 is 12.0 Å². The van der Waals surface area contributed by atoms with Gasteiger partial charge in [0.15, 0.2) is 0 Å². The highest BCUT2D eigenvalue weighted by Crippen LogP contribution is 2.22. The maximum absolute atomic E-state index is 11.7. The molecule has 0 saturated carbocycles. The number of aliphatic hydroxyl groups excluding tert-OH is 1. The van der Waals surface area contributed by atoms with Gasteiger partial charge in [0.1, 0.15) is 11.3 Å². The van der Waals surface area contributed by atoms with Crippen LogP contribution in [0.4, 0.5) is 10.5 Å². The van der Waals surface area contributed by atoms with E-state index in [1.165, 1.54) is 24.1 Å². The van der Waals surface area contributed by atoms with Crippen molar-refractivity contribution in [2.45, 2.75) is 13.0 Å². The van der Waals surface area contributed by atoms with Gasteiger partial charge in [-0.15, -0.1) is 0 Å². The Bertz CT molecular complexity index is 489. The smallest absolute Gasteiger partial charge is 0.339 e. The van der Waals surface area contributed by atoms with Gasteiger partial charge in [0.2, 0.25) is 0 Å². The molecule has 1 atom stereocenters. The number of nitrogens with zero attached hydrogens (tertiary/aromatic N) is 1. The number of phenols is 1. The predicted molar refractivity (Wildman–Crippen MR) is 68.4 cm³/mol. The monoisotopic (exact) mass is 268 g/mol. The average Bonchev–Trinajstić information content (AvgIpc) is 2.36. The molecular formula is C12H16N2O5. The third-order valence-corrected chi connectivity index (χ3v) is 2.73. The molecular weight excluding hydrogens is 252 g/mol. The standard InChI is InChI=1S/C12H16N2O5/c1-7(6-15)14(2)12(19)13-8-3-4-9(11(17)18)10(16)5-8/h3-5,7,15-16H,6H2,1-2H3,(H,13,19)(H,17,18). The van der Waals surface area contributed by atoms with Crippen LogP contribution in [0, 0.1) is 0 Å². The molecule has 0 spiro atoms. The van der Waals surface area contributed by atoms with Crippen LogP contribution in [0.5, 0.6) is 5.75 Å². The predicted octanol–water partition coefficient (Wildman–Crippen LogP) is 0.935. The molecule has 0 aliphatic heterocycles.